The number of aliphatic hydroxyl groups is 2. The molecule has 1 fully saturated rings. The second kappa shape index (κ2) is 10.5. The second-order valence-electron chi connectivity index (χ2n) is 9.80. The van der Waals surface area contributed by atoms with Crippen molar-refractivity contribution in [1.82, 2.24) is 19.9 Å². The molecule has 3 aromatic heterocycles. The molecule has 0 radical (unpaired) electrons. The van der Waals surface area contributed by atoms with Crippen LogP contribution < -0.4 is 10.6 Å². The molecule has 1 aliphatic carbocycles. The molecule has 1 saturated carbocycles. The first-order valence-corrected chi connectivity index (χ1v) is 13.5. The van der Waals surface area contributed by atoms with Gasteiger partial charge in [0.05, 0.1) is 33.8 Å². The first-order chi connectivity index (χ1) is 18.2. The van der Waals surface area contributed by atoms with E-state index in [0.29, 0.717) is 34.9 Å². The Hall–Kier alpha value is -3.28. The van der Waals surface area contributed by atoms with E-state index in [-0.39, 0.29) is 18.1 Å². The highest BCUT2D eigenvalue weighted by Crippen LogP contribution is 2.39. The number of pyridine rings is 1. The van der Waals surface area contributed by atoms with E-state index in [1.165, 1.54) is 29.5 Å². The number of aliphatic hydroxyl groups excluding tert-OH is 1. The fourth-order valence-electron chi connectivity index (χ4n) is 4.84. The Balaban J connectivity index is 1.56. The van der Waals surface area contributed by atoms with Gasteiger partial charge in [-0.05, 0) is 51.3 Å². The van der Waals surface area contributed by atoms with Gasteiger partial charge in [0.2, 0.25) is 5.95 Å². The Morgan fingerprint density at radius 3 is 2.58 bits per heavy atom. The summed E-state index contributed by atoms with van der Waals surface area (Å²) in [6.45, 7) is 5.35. The maximum atomic E-state index is 14.2. The summed E-state index contributed by atoms with van der Waals surface area (Å²) in [5.41, 5.74) is 1.53. The van der Waals surface area contributed by atoms with Gasteiger partial charge < -0.3 is 20.8 Å². The van der Waals surface area contributed by atoms with Gasteiger partial charge in [-0.15, -0.1) is 11.3 Å². The second-order valence-corrected chi connectivity index (χ2v) is 10.8. The van der Waals surface area contributed by atoms with E-state index < -0.39 is 29.4 Å². The Morgan fingerprint density at radius 2 is 1.89 bits per heavy atom. The number of hydrogen-bond acceptors (Lipinski definition) is 9. The van der Waals surface area contributed by atoms with Gasteiger partial charge in [0.15, 0.2) is 0 Å². The SMILES string of the molecule is CCCc1nccc2sc(-c3c(C)nc(NCc4c(F)cccc4F)nc3NC3CCC(O)C3(C)O)nc12. The zero-order valence-corrected chi connectivity index (χ0v) is 22.2. The summed E-state index contributed by atoms with van der Waals surface area (Å²) in [6.07, 6.45) is 3.62. The summed E-state index contributed by atoms with van der Waals surface area (Å²) >= 11 is 1.49. The van der Waals surface area contributed by atoms with Crippen LogP contribution in [0.4, 0.5) is 20.5 Å². The van der Waals surface area contributed by atoms with Crippen molar-refractivity contribution in [3.8, 4) is 10.6 Å². The number of nitrogens with one attached hydrogen (secondary N) is 2. The topological polar surface area (TPSA) is 116 Å². The van der Waals surface area contributed by atoms with Crippen LogP contribution in [0.5, 0.6) is 0 Å². The first kappa shape index (κ1) is 26.3. The maximum absolute atomic E-state index is 14.2. The van der Waals surface area contributed by atoms with E-state index in [9.17, 15) is 19.0 Å². The zero-order chi connectivity index (χ0) is 27.0. The number of hydrogen-bond donors (Lipinski definition) is 4. The summed E-state index contributed by atoms with van der Waals surface area (Å²) in [7, 11) is 0. The summed E-state index contributed by atoms with van der Waals surface area (Å²) in [5, 5.41) is 28.2. The Kier molecular flexibility index (Phi) is 7.26. The van der Waals surface area contributed by atoms with Crippen LogP contribution in [-0.2, 0) is 13.0 Å². The van der Waals surface area contributed by atoms with Gasteiger partial charge in [0, 0.05) is 18.3 Å². The number of thiazole rings is 1. The molecule has 1 aromatic carbocycles. The number of benzene rings is 1. The molecule has 0 bridgehead atoms. The minimum atomic E-state index is -1.37. The standard InChI is InChI=1S/C27H30F2N6O2S/c1-4-6-18-23-19(11-12-30-18)38-25(34-23)22-14(2)32-26(31-13-15-16(28)7-5-8-17(15)29)35-24(22)33-20-9-10-21(36)27(20,3)37/h5,7-8,11-12,20-21,36-37H,4,6,9-10,13H2,1-3H3,(H2,31,32,33,35). The fraction of sp³-hybridized carbons (Fsp3) is 0.407. The molecule has 0 saturated heterocycles. The van der Waals surface area contributed by atoms with Gasteiger partial charge in [-0.3, -0.25) is 4.98 Å². The smallest absolute Gasteiger partial charge is 0.225 e. The monoisotopic (exact) mass is 540 g/mol. The normalized spacial score (nSPS) is 21.2. The number of anilines is 2. The van der Waals surface area contributed by atoms with E-state index in [1.54, 1.807) is 13.1 Å². The third-order valence-electron chi connectivity index (χ3n) is 7.08. The van der Waals surface area contributed by atoms with Crippen LogP contribution >= 0.6 is 11.3 Å². The van der Waals surface area contributed by atoms with E-state index in [1.807, 2.05) is 13.0 Å². The number of fused-ring (bicyclic) bond motifs is 1. The molecule has 4 aromatic rings. The van der Waals surface area contributed by atoms with Crippen molar-refractivity contribution >= 4 is 33.3 Å². The van der Waals surface area contributed by atoms with Crippen LogP contribution in [0.3, 0.4) is 0 Å². The van der Waals surface area contributed by atoms with Crippen LogP contribution in [-0.4, -0.2) is 47.9 Å². The summed E-state index contributed by atoms with van der Waals surface area (Å²) in [5.74, 6) is -0.737. The largest absolute Gasteiger partial charge is 0.390 e. The fourth-order valence-corrected chi connectivity index (χ4v) is 5.92. The lowest BCUT2D eigenvalue weighted by atomic mass is 9.98. The average molecular weight is 541 g/mol. The molecule has 0 spiro atoms. The van der Waals surface area contributed by atoms with Crippen LogP contribution in [0.1, 0.15) is 50.1 Å². The highest BCUT2D eigenvalue weighted by molar-refractivity contribution is 7.21. The molecule has 200 valence electrons. The van der Waals surface area contributed by atoms with Gasteiger partial charge in [-0.1, -0.05) is 19.4 Å². The van der Waals surface area contributed by atoms with E-state index in [4.69, 9.17) is 4.98 Å². The molecule has 0 aliphatic heterocycles. The van der Waals surface area contributed by atoms with Crippen LogP contribution in [0.15, 0.2) is 30.5 Å². The summed E-state index contributed by atoms with van der Waals surface area (Å²) < 4.78 is 29.4. The zero-order valence-electron chi connectivity index (χ0n) is 21.4. The van der Waals surface area contributed by atoms with Crippen molar-refractivity contribution in [1.29, 1.82) is 0 Å². The van der Waals surface area contributed by atoms with Crippen LogP contribution in [0.2, 0.25) is 0 Å². The molecule has 3 unspecified atom stereocenters. The molecule has 38 heavy (non-hydrogen) atoms. The van der Waals surface area contributed by atoms with Crippen molar-refractivity contribution in [2.24, 2.45) is 0 Å². The molecule has 3 atom stereocenters. The molecule has 8 nitrogen and oxygen atoms in total. The molecule has 5 rings (SSSR count). The van der Waals surface area contributed by atoms with Crippen LogP contribution in [0, 0.1) is 18.6 Å². The highest BCUT2D eigenvalue weighted by atomic mass is 32.1. The predicted octanol–water partition coefficient (Wildman–Crippen LogP) is 4.99. The lowest BCUT2D eigenvalue weighted by Gasteiger charge is -2.30. The van der Waals surface area contributed by atoms with Crippen molar-refractivity contribution in [2.75, 3.05) is 10.6 Å². The summed E-state index contributed by atoms with van der Waals surface area (Å²) in [4.78, 5) is 18.6. The lowest BCUT2D eigenvalue weighted by Crippen LogP contribution is -2.47. The van der Waals surface area contributed by atoms with Gasteiger partial charge >= 0.3 is 0 Å². The molecule has 4 N–H and O–H groups in total. The van der Waals surface area contributed by atoms with Crippen molar-refractivity contribution < 1.29 is 19.0 Å². The molecule has 0 amide bonds. The van der Waals surface area contributed by atoms with Crippen molar-refractivity contribution in [2.45, 2.75) is 70.7 Å². The number of aromatic nitrogens is 4. The third kappa shape index (κ3) is 4.93. The third-order valence-corrected chi connectivity index (χ3v) is 8.12. The van der Waals surface area contributed by atoms with E-state index >= 15 is 0 Å². The van der Waals surface area contributed by atoms with Gasteiger partial charge in [0.25, 0.3) is 0 Å². The molecule has 11 heteroatoms. The maximum Gasteiger partial charge on any atom is 0.225 e. The van der Waals surface area contributed by atoms with E-state index in [0.717, 1.165) is 28.8 Å². The van der Waals surface area contributed by atoms with Crippen LogP contribution in [0.25, 0.3) is 20.8 Å². The Morgan fingerprint density at radius 1 is 1.13 bits per heavy atom. The number of nitrogens with zero attached hydrogens (tertiary/aromatic N) is 4. The summed E-state index contributed by atoms with van der Waals surface area (Å²) in [6, 6.07) is 5.16. The quantitative estimate of drug-likeness (QED) is 0.247. The van der Waals surface area contributed by atoms with Gasteiger partial charge in [0.1, 0.15) is 33.6 Å². The van der Waals surface area contributed by atoms with Gasteiger partial charge in [-0.25, -0.2) is 18.7 Å². The number of aryl methyl sites for hydroxylation is 2. The van der Waals surface area contributed by atoms with E-state index in [2.05, 4.69) is 32.5 Å². The predicted molar refractivity (Wildman–Crippen MR) is 144 cm³/mol. The minimum Gasteiger partial charge on any atom is -0.390 e. The highest BCUT2D eigenvalue weighted by Gasteiger charge is 2.45. The lowest BCUT2D eigenvalue weighted by molar-refractivity contribution is -0.0439. The molecule has 3 heterocycles. The number of halogens is 2. The van der Waals surface area contributed by atoms with Gasteiger partial charge in [-0.2, -0.15) is 4.98 Å². The molecular weight excluding hydrogens is 510 g/mol. The average Bonchev–Trinajstić information content (AvgIpc) is 3.40. The molecule has 1 aliphatic rings. The minimum absolute atomic E-state index is 0.115. The van der Waals surface area contributed by atoms with Crippen molar-refractivity contribution in [3.63, 3.8) is 0 Å². The van der Waals surface area contributed by atoms with Crippen molar-refractivity contribution in [3.05, 3.63) is 59.0 Å². The number of rotatable bonds is 8. The first-order valence-electron chi connectivity index (χ1n) is 12.7. The Bertz CT molecular complexity index is 1460. The molecular formula is C27H30F2N6O2S. The Labute approximate surface area is 223 Å².